The zero-order valence-corrected chi connectivity index (χ0v) is 13.1. The average molecular weight is 286 g/mol. The Hall–Kier alpha value is -1.81. The lowest BCUT2D eigenvalue weighted by Gasteiger charge is -2.17. The summed E-state index contributed by atoms with van der Waals surface area (Å²) in [6.45, 7) is 9.53. The highest BCUT2D eigenvalue weighted by molar-refractivity contribution is 5.38. The summed E-state index contributed by atoms with van der Waals surface area (Å²) in [5.41, 5.74) is 2.46. The Morgan fingerprint density at radius 3 is 2.62 bits per heavy atom. The minimum Gasteiger partial charge on any atom is -0.382 e. The third-order valence-corrected chi connectivity index (χ3v) is 3.76. The summed E-state index contributed by atoms with van der Waals surface area (Å²) in [5, 5.41) is 7.84. The first-order chi connectivity index (χ1) is 10.3. The van der Waals surface area contributed by atoms with Gasteiger partial charge in [0.1, 0.15) is 0 Å². The first-order valence-electron chi connectivity index (χ1n) is 7.84. The molecule has 0 bridgehead atoms. The molecule has 0 unspecified atom stereocenters. The minimum atomic E-state index is 0.936. The van der Waals surface area contributed by atoms with Crippen molar-refractivity contribution in [3.05, 3.63) is 48.3 Å². The number of anilines is 1. The molecule has 21 heavy (non-hydrogen) atoms. The Morgan fingerprint density at radius 1 is 1.14 bits per heavy atom. The molecule has 1 heterocycles. The predicted molar refractivity (Wildman–Crippen MR) is 88.7 cm³/mol. The topological polar surface area (TPSA) is 33.1 Å². The molecule has 0 amide bonds. The van der Waals surface area contributed by atoms with E-state index in [-0.39, 0.29) is 0 Å². The molecular formula is C17H26N4. The molecule has 1 N–H and O–H groups in total. The van der Waals surface area contributed by atoms with Crippen LogP contribution in [0.4, 0.5) is 5.69 Å². The van der Waals surface area contributed by atoms with Crippen molar-refractivity contribution in [2.24, 2.45) is 0 Å². The molecule has 114 valence electrons. The molecule has 0 aliphatic carbocycles. The fourth-order valence-corrected chi connectivity index (χ4v) is 2.36. The zero-order chi connectivity index (χ0) is 14.9. The fraction of sp³-hybridized carbons (Fsp3) is 0.471. The highest BCUT2D eigenvalue weighted by Crippen LogP contribution is 2.06. The first-order valence-corrected chi connectivity index (χ1v) is 7.84. The van der Waals surface area contributed by atoms with E-state index in [2.05, 4.69) is 65.7 Å². The van der Waals surface area contributed by atoms with Crippen LogP contribution in [0.3, 0.4) is 0 Å². The van der Waals surface area contributed by atoms with E-state index in [1.807, 2.05) is 10.9 Å². The molecule has 4 heteroatoms. The van der Waals surface area contributed by atoms with Gasteiger partial charge in [0.05, 0.1) is 18.4 Å². The molecule has 1 aromatic carbocycles. The van der Waals surface area contributed by atoms with Crippen molar-refractivity contribution in [1.29, 1.82) is 0 Å². The van der Waals surface area contributed by atoms with Gasteiger partial charge in [0.25, 0.3) is 0 Å². The van der Waals surface area contributed by atoms with Crippen LogP contribution >= 0.6 is 0 Å². The summed E-state index contributed by atoms with van der Waals surface area (Å²) in [6.07, 6.45) is 5.03. The van der Waals surface area contributed by atoms with Crippen LogP contribution in [0.2, 0.25) is 0 Å². The zero-order valence-electron chi connectivity index (χ0n) is 13.1. The third-order valence-electron chi connectivity index (χ3n) is 3.76. The monoisotopic (exact) mass is 286 g/mol. The van der Waals surface area contributed by atoms with Crippen LogP contribution in [0.25, 0.3) is 0 Å². The van der Waals surface area contributed by atoms with Gasteiger partial charge in [-0.15, -0.1) is 0 Å². The molecule has 0 aliphatic rings. The van der Waals surface area contributed by atoms with Crippen molar-refractivity contribution in [1.82, 2.24) is 14.7 Å². The van der Waals surface area contributed by atoms with Crippen molar-refractivity contribution >= 4 is 5.69 Å². The van der Waals surface area contributed by atoms with Crippen LogP contribution in [-0.2, 0) is 13.0 Å². The third kappa shape index (κ3) is 5.23. The van der Waals surface area contributed by atoms with Gasteiger partial charge < -0.3 is 10.2 Å². The van der Waals surface area contributed by atoms with Crippen molar-refractivity contribution in [3.63, 3.8) is 0 Å². The van der Waals surface area contributed by atoms with Gasteiger partial charge in [0.2, 0.25) is 0 Å². The van der Waals surface area contributed by atoms with Crippen LogP contribution in [0, 0.1) is 0 Å². The molecule has 2 aromatic rings. The summed E-state index contributed by atoms with van der Waals surface area (Å²) in [6, 6.07) is 10.5. The molecular weight excluding hydrogens is 260 g/mol. The summed E-state index contributed by atoms with van der Waals surface area (Å²) in [5.74, 6) is 0. The fourth-order valence-electron chi connectivity index (χ4n) is 2.36. The smallest absolute Gasteiger partial charge is 0.0726 e. The Labute approximate surface area is 127 Å². The van der Waals surface area contributed by atoms with Crippen molar-refractivity contribution in [2.75, 3.05) is 31.5 Å². The maximum Gasteiger partial charge on any atom is 0.0726 e. The summed E-state index contributed by atoms with van der Waals surface area (Å²) < 4.78 is 2.02. The van der Waals surface area contributed by atoms with Crippen LogP contribution in [0.5, 0.6) is 0 Å². The van der Waals surface area contributed by atoms with Gasteiger partial charge in [-0.05, 0) is 25.1 Å². The molecule has 0 fully saturated rings. The number of nitrogens with zero attached hydrogens (tertiary/aromatic N) is 3. The van der Waals surface area contributed by atoms with Crippen molar-refractivity contribution < 1.29 is 0 Å². The van der Waals surface area contributed by atoms with Gasteiger partial charge in [-0.3, -0.25) is 4.68 Å². The van der Waals surface area contributed by atoms with Gasteiger partial charge in [-0.25, -0.2) is 0 Å². The standard InChI is InChI=1S/C17H26N4/c1-3-20(4-2)12-13-21-15-17(14-19-21)18-11-10-16-8-6-5-7-9-16/h5-9,14-15,18H,3-4,10-13H2,1-2H3. The number of hydrogen-bond acceptors (Lipinski definition) is 3. The van der Waals surface area contributed by atoms with E-state index in [4.69, 9.17) is 0 Å². The van der Waals surface area contributed by atoms with Gasteiger partial charge in [-0.1, -0.05) is 44.2 Å². The van der Waals surface area contributed by atoms with Crippen molar-refractivity contribution in [3.8, 4) is 0 Å². The second-order valence-electron chi connectivity index (χ2n) is 5.18. The Balaban J connectivity index is 1.73. The Bertz CT molecular complexity index is 503. The molecule has 0 saturated carbocycles. The van der Waals surface area contributed by atoms with E-state index in [9.17, 15) is 0 Å². The lowest BCUT2D eigenvalue weighted by Crippen LogP contribution is -2.27. The Morgan fingerprint density at radius 2 is 1.90 bits per heavy atom. The van der Waals surface area contributed by atoms with Crippen molar-refractivity contribution in [2.45, 2.75) is 26.8 Å². The van der Waals surface area contributed by atoms with E-state index >= 15 is 0 Å². The van der Waals surface area contributed by atoms with Gasteiger partial charge in [-0.2, -0.15) is 5.10 Å². The molecule has 1 aromatic heterocycles. The molecule has 0 saturated heterocycles. The summed E-state index contributed by atoms with van der Waals surface area (Å²) >= 11 is 0. The lowest BCUT2D eigenvalue weighted by atomic mass is 10.1. The van der Waals surface area contributed by atoms with Crippen LogP contribution in [-0.4, -0.2) is 40.9 Å². The minimum absolute atomic E-state index is 0.936. The van der Waals surface area contributed by atoms with Gasteiger partial charge in [0, 0.05) is 19.3 Å². The van der Waals surface area contributed by atoms with Crippen LogP contribution in [0.15, 0.2) is 42.7 Å². The second-order valence-corrected chi connectivity index (χ2v) is 5.18. The second kappa shape index (κ2) is 8.47. The number of aromatic nitrogens is 2. The van der Waals surface area contributed by atoms with Crippen LogP contribution < -0.4 is 5.32 Å². The lowest BCUT2D eigenvalue weighted by molar-refractivity contribution is 0.285. The quantitative estimate of drug-likeness (QED) is 0.769. The number of rotatable bonds is 9. The maximum atomic E-state index is 4.41. The number of nitrogens with one attached hydrogen (secondary N) is 1. The molecule has 0 radical (unpaired) electrons. The molecule has 2 rings (SSSR count). The highest BCUT2D eigenvalue weighted by atomic mass is 15.3. The predicted octanol–water partition coefficient (Wildman–Crippen LogP) is 2.88. The summed E-state index contributed by atoms with van der Waals surface area (Å²) in [7, 11) is 0. The van der Waals surface area contributed by atoms with E-state index < -0.39 is 0 Å². The first kappa shape index (κ1) is 15.6. The highest BCUT2D eigenvalue weighted by Gasteiger charge is 2.01. The number of hydrogen-bond donors (Lipinski definition) is 1. The average Bonchev–Trinajstić information content (AvgIpc) is 2.97. The van der Waals surface area contributed by atoms with E-state index in [0.29, 0.717) is 0 Å². The Kier molecular flexibility index (Phi) is 6.28. The molecule has 0 aliphatic heterocycles. The van der Waals surface area contributed by atoms with Gasteiger partial charge >= 0.3 is 0 Å². The normalized spacial score (nSPS) is 11.0. The van der Waals surface area contributed by atoms with E-state index in [0.717, 1.165) is 44.8 Å². The number of likely N-dealkylation sites (N-methyl/N-ethyl adjacent to an activating group) is 1. The maximum absolute atomic E-state index is 4.41. The molecule has 4 nitrogen and oxygen atoms in total. The largest absolute Gasteiger partial charge is 0.382 e. The SMILES string of the molecule is CCN(CC)CCn1cc(NCCc2ccccc2)cn1. The van der Waals surface area contributed by atoms with Gasteiger partial charge in [0.15, 0.2) is 0 Å². The number of benzene rings is 1. The molecule has 0 atom stereocenters. The van der Waals surface area contributed by atoms with E-state index in [1.165, 1.54) is 5.56 Å². The molecule has 0 spiro atoms. The summed E-state index contributed by atoms with van der Waals surface area (Å²) in [4.78, 5) is 2.41. The van der Waals surface area contributed by atoms with Crippen LogP contribution in [0.1, 0.15) is 19.4 Å². The van der Waals surface area contributed by atoms with E-state index in [1.54, 1.807) is 0 Å².